The van der Waals surface area contributed by atoms with E-state index in [-0.39, 0.29) is 5.75 Å². The third-order valence-electron chi connectivity index (χ3n) is 2.48. The highest BCUT2D eigenvalue weighted by Crippen LogP contribution is 2.32. The molecule has 3 nitrogen and oxygen atoms in total. The van der Waals surface area contributed by atoms with Crippen molar-refractivity contribution in [3.8, 4) is 17.2 Å². The van der Waals surface area contributed by atoms with Gasteiger partial charge in [-0.3, -0.25) is 0 Å². The van der Waals surface area contributed by atoms with Crippen molar-refractivity contribution in [2.24, 2.45) is 0 Å². The van der Waals surface area contributed by atoms with E-state index in [1.807, 2.05) is 30.3 Å². The third kappa shape index (κ3) is 1.80. The van der Waals surface area contributed by atoms with Gasteiger partial charge in [-0.15, -0.1) is 0 Å². The molecule has 2 aromatic carbocycles. The summed E-state index contributed by atoms with van der Waals surface area (Å²) >= 11 is 3.29. The van der Waals surface area contributed by atoms with Gasteiger partial charge < -0.3 is 9.52 Å². The van der Waals surface area contributed by atoms with Crippen LogP contribution in [0.2, 0.25) is 0 Å². The summed E-state index contributed by atoms with van der Waals surface area (Å²) < 4.78 is 6.40. The molecule has 0 fully saturated rings. The lowest BCUT2D eigenvalue weighted by molar-refractivity contribution is 0.473. The van der Waals surface area contributed by atoms with E-state index in [2.05, 4.69) is 20.9 Å². The van der Waals surface area contributed by atoms with Crippen molar-refractivity contribution in [3.63, 3.8) is 0 Å². The zero-order valence-electron chi connectivity index (χ0n) is 8.72. The fourth-order valence-corrected chi connectivity index (χ4v) is 2.02. The van der Waals surface area contributed by atoms with Gasteiger partial charge in [-0.05, 0) is 30.3 Å². The lowest BCUT2D eigenvalue weighted by Gasteiger charge is -1.99. The molecule has 0 aliphatic heterocycles. The second kappa shape index (κ2) is 3.89. The predicted octanol–water partition coefficient (Wildman–Crippen LogP) is 3.96. The quantitative estimate of drug-likeness (QED) is 0.737. The molecule has 0 saturated heterocycles. The molecule has 0 spiro atoms. The van der Waals surface area contributed by atoms with Crippen molar-refractivity contribution in [3.05, 3.63) is 46.9 Å². The molecule has 0 saturated carbocycles. The summed E-state index contributed by atoms with van der Waals surface area (Å²) in [5, 5.41) is 9.84. The highest BCUT2D eigenvalue weighted by Gasteiger charge is 2.11. The Balaban J connectivity index is 2.20. The van der Waals surface area contributed by atoms with Crippen molar-refractivity contribution in [1.82, 2.24) is 4.98 Å². The predicted molar refractivity (Wildman–Crippen MR) is 68.8 cm³/mol. The molecule has 17 heavy (non-hydrogen) atoms. The van der Waals surface area contributed by atoms with Crippen LogP contribution in [-0.4, -0.2) is 10.1 Å². The van der Waals surface area contributed by atoms with Crippen LogP contribution in [-0.2, 0) is 0 Å². The van der Waals surface area contributed by atoms with Gasteiger partial charge >= 0.3 is 0 Å². The smallest absolute Gasteiger partial charge is 0.231 e. The minimum absolute atomic E-state index is 0.144. The molecule has 0 aliphatic rings. The molecule has 0 unspecified atom stereocenters. The first-order valence-corrected chi connectivity index (χ1v) is 5.88. The van der Waals surface area contributed by atoms with Crippen LogP contribution >= 0.6 is 15.9 Å². The maximum atomic E-state index is 9.84. The maximum absolute atomic E-state index is 9.84. The van der Waals surface area contributed by atoms with E-state index >= 15 is 0 Å². The fraction of sp³-hybridized carbons (Fsp3) is 0. The Morgan fingerprint density at radius 2 is 1.94 bits per heavy atom. The molecule has 0 radical (unpaired) electrons. The molecule has 0 bridgehead atoms. The van der Waals surface area contributed by atoms with E-state index in [1.54, 1.807) is 12.1 Å². The van der Waals surface area contributed by atoms with Crippen LogP contribution in [0.3, 0.4) is 0 Å². The van der Waals surface area contributed by atoms with E-state index in [1.165, 1.54) is 0 Å². The molecule has 0 aliphatic carbocycles. The van der Waals surface area contributed by atoms with Crippen LogP contribution in [0.15, 0.2) is 51.4 Å². The molecular formula is C13H8BrNO2. The Hall–Kier alpha value is -1.81. The van der Waals surface area contributed by atoms with Crippen LogP contribution in [0.4, 0.5) is 0 Å². The Morgan fingerprint density at radius 3 is 2.71 bits per heavy atom. The number of nitrogens with zero attached hydrogens (tertiary/aromatic N) is 1. The first kappa shape index (κ1) is 10.4. The lowest BCUT2D eigenvalue weighted by atomic mass is 10.2. The Kier molecular flexibility index (Phi) is 2.37. The number of hydrogen-bond donors (Lipinski definition) is 1. The van der Waals surface area contributed by atoms with Gasteiger partial charge in [-0.2, -0.15) is 0 Å². The highest BCUT2D eigenvalue weighted by molar-refractivity contribution is 9.10. The number of hydrogen-bond acceptors (Lipinski definition) is 3. The highest BCUT2D eigenvalue weighted by atomic mass is 79.9. The number of aromatic nitrogens is 1. The second-order valence-electron chi connectivity index (χ2n) is 3.65. The second-order valence-corrected chi connectivity index (χ2v) is 4.56. The SMILES string of the molecule is Oc1cc(Br)ccc1-c1nc2ccccc2o1. The molecule has 1 aromatic heterocycles. The van der Waals surface area contributed by atoms with Crippen molar-refractivity contribution in [1.29, 1.82) is 0 Å². The summed E-state index contributed by atoms with van der Waals surface area (Å²) in [5.41, 5.74) is 2.08. The third-order valence-corrected chi connectivity index (χ3v) is 2.98. The molecule has 0 atom stereocenters. The van der Waals surface area contributed by atoms with Crippen molar-refractivity contribution < 1.29 is 9.52 Å². The van der Waals surface area contributed by atoms with Gasteiger partial charge in [-0.1, -0.05) is 28.1 Å². The first-order chi connectivity index (χ1) is 8.24. The molecule has 0 amide bonds. The summed E-state index contributed by atoms with van der Waals surface area (Å²) in [4.78, 5) is 4.33. The normalized spacial score (nSPS) is 10.9. The van der Waals surface area contributed by atoms with Gasteiger partial charge in [0.2, 0.25) is 5.89 Å². The van der Waals surface area contributed by atoms with Crippen LogP contribution < -0.4 is 0 Å². The van der Waals surface area contributed by atoms with E-state index in [0.717, 1.165) is 9.99 Å². The summed E-state index contributed by atoms with van der Waals surface area (Å²) in [6.07, 6.45) is 0. The standard InChI is InChI=1S/C13H8BrNO2/c14-8-5-6-9(11(16)7-8)13-15-10-3-1-2-4-12(10)17-13/h1-7,16H. The van der Waals surface area contributed by atoms with E-state index in [4.69, 9.17) is 4.42 Å². The van der Waals surface area contributed by atoms with Crippen molar-refractivity contribution in [2.45, 2.75) is 0 Å². The van der Waals surface area contributed by atoms with Crippen LogP contribution in [0.25, 0.3) is 22.6 Å². The largest absolute Gasteiger partial charge is 0.507 e. The van der Waals surface area contributed by atoms with Gasteiger partial charge in [0.25, 0.3) is 0 Å². The molecule has 4 heteroatoms. The van der Waals surface area contributed by atoms with Gasteiger partial charge in [0.05, 0.1) is 5.56 Å². The number of halogens is 1. The minimum atomic E-state index is 0.144. The number of fused-ring (bicyclic) bond motifs is 1. The van der Waals surface area contributed by atoms with Crippen LogP contribution in [0, 0.1) is 0 Å². The molecule has 84 valence electrons. The first-order valence-electron chi connectivity index (χ1n) is 5.08. The average molecular weight is 290 g/mol. The van der Waals surface area contributed by atoms with Gasteiger partial charge in [0.1, 0.15) is 11.3 Å². The van der Waals surface area contributed by atoms with E-state index < -0.39 is 0 Å². The van der Waals surface area contributed by atoms with Gasteiger partial charge in [0, 0.05) is 4.47 Å². The summed E-state index contributed by atoms with van der Waals surface area (Å²) in [5.74, 6) is 0.571. The zero-order chi connectivity index (χ0) is 11.8. The number of phenolic OH excluding ortho intramolecular Hbond substituents is 1. The number of phenols is 1. The van der Waals surface area contributed by atoms with Crippen LogP contribution in [0.5, 0.6) is 5.75 Å². The van der Waals surface area contributed by atoms with Gasteiger partial charge in [0.15, 0.2) is 5.58 Å². The summed E-state index contributed by atoms with van der Waals surface area (Å²) in [6, 6.07) is 12.7. The Bertz CT molecular complexity index is 658. The van der Waals surface area contributed by atoms with E-state index in [9.17, 15) is 5.11 Å². The van der Waals surface area contributed by atoms with Gasteiger partial charge in [-0.25, -0.2) is 4.98 Å². The number of benzene rings is 2. The molecule has 3 aromatic rings. The van der Waals surface area contributed by atoms with Crippen LogP contribution in [0.1, 0.15) is 0 Å². The summed E-state index contributed by atoms with van der Waals surface area (Å²) in [7, 11) is 0. The number of aromatic hydroxyl groups is 1. The van der Waals surface area contributed by atoms with Crippen molar-refractivity contribution >= 4 is 27.0 Å². The number of rotatable bonds is 1. The topological polar surface area (TPSA) is 46.3 Å². The maximum Gasteiger partial charge on any atom is 0.231 e. The minimum Gasteiger partial charge on any atom is -0.507 e. The zero-order valence-corrected chi connectivity index (χ0v) is 10.3. The Morgan fingerprint density at radius 1 is 1.12 bits per heavy atom. The average Bonchev–Trinajstić information content (AvgIpc) is 2.72. The number of oxazole rings is 1. The number of para-hydroxylation sites is 2. The Labute approximate surface area is 106 Å². The molecular weight excluding hydrogens is 282 g/mol. The lowest BCUT2D eigenvalue weighted by Crippen LogP contribution is -1.78. The summed E-state index contributed by atoms with van der Waals surface area (Å²) in [6.45, 7) is 0. The fourth-order valence-electron chi connectivity index (χ4n) is 1.67. The molecule has 3 rings (SSSR count). The van der Waals surface area contributed by atoms with E-state index in [0.29, 0.717) is 17.0 Å². The monoisotopic (exact) mass is 289 g/mol. The molecule has 1 heterocycles. The molecule has 1 N–H and O–H groups in total. The van der Waals surface area contributed by atoms with Crippen molar-refractivity contribution in [2.75, 3.05) is 0 Å².